The fourth-order valence-corrected chi connectivity index (χ4v) is 3.33. The van der Waals surface area contributed by atoms with Crippen molar-refractivity contribution in [1.29, 1.82) is 5.26 Å². The van der Waals surface area contributed by atoms with Crippen LogP contribution in [0.4, 0.5) is 0 Å². The lowest BCUT2D eigenvalue weighted by Crippen LogP contribution is -2.26. The Morgan fingerprint density at radius 2 is 1.86 bits per heavy atom. The lowest BCUT2D eigenvalue weighted by atomic mass is 9.81. The first-order valence-corrected chi connectivity index (χ1v) is 9.25. The van der Waals surface area contributed by atoms with Gasteiger partial charge in [-0.25, -0.2) is 4.79 Å². The van der Waals surface area contributed by atoms with Gasteiger partial charge < -0.3 is 29.4 Å². The van der Waals surface area contributed by atoms with Gasteiger partial charge in [0.15, 0.2) is 11.5 Å². The number of methoxy groups -OCH3 is 3. The van der Waals surface area contributed by atoms with Crippen LogP contribution in [0.1, 0.15) is 38.2 Å². The number of carbonyl (C=O) groups excluding carboxylic acids is 1. The molecule has 0 spiro atoms. The highest BCUT2D eigenvalue weighted by Crippen LogP contribution is 2.49. The van der Waals surface area contributed by atoms with Gasteiger partial charge in [0.2, 0.25) is 11.6 Å². The van der Waals surface area contributed by atoms with Crippen molar-refractivity contribution in [1.82, 2.24) is 0 Å². The molecule has 1 heterocycles. The van der Waals surface area contributed by atoms with Crippen LogP contribution in [-0.4, -0.2) is 33.9 Å². The molecule has 8 heteroatoms. The number of nitrogens with zero attached hydrogens (tertiary/aromatic N) is 1. The van der Waals surface area contributed by atoms with Gasteiger partial charge in [0.1, 0.15) is 17.4 Å². The highest BCUT2D eigenvalue weighted by Gasteiger charge is 2.39. The third-order valence-electron chi connectivity index (χ3n) is 4.51. The van der Waals surface area contributed by atoms with E-state index in [1.54, 1.807) is 19.1 Å². The molecular weight excluding hydrogens is 376 g/mol. The Morgan fingerprint density at radius 1 is 1.17 bits per heavy atom. The SMILES string of the molecule is CCCC1=C(C(=O)OCC)C(c2ccc(OC)c(OC)c2OC)C(C#N)=C(N)O1. The number of rotatable bonds is 8. The monoisotopic (exact) mass is 402 g/mol. The summed E-state index contributed by atoms with van der Waals surface area (Å²) >= 11 is 0. The molecule has 29 heavy (non-hydrogen) atoms. The Hall–Kier alpha value is -3.34. The molecule has 1 aliphatic heterocycles. The van der Waals surface area contributed by atoms with Crippen LogP contribution in [0.5, 0.6) is 17.2 Å². The molecular formula is C21H26N2O6. The van der Waals surface area contributed by atoms with E-state index in [0.29, 0.717) is 41.4 Å². The zero-order chi connectivity index (χ0) is 21.6. The van der Waals surface area contributed by atoms with Crippen molar-refractivity contribution in [2.45, 2.75) is 32.6 Å². The molecule has 1 aromatic carbocycles. The van der Waals surface area contributed by atoms with Crippen molar-refractivity contribution in [3.8, 4) is 23.3 Å². The topological polar surface area (TPSA) is 113 Å². The van der Waals surface area contributed by atoms with Crippen molar-refractivity contribution in [2.24, 2.45) is 5.73 Å². The van der Waals surface area contributed by atoms with Gasteiger partial charge >= 0.3 is 5.97 Å². The number of nitriles is 1. The summed E-state index contributed by atoms with van der Waals surface area (Å²) < 4.78 is 27.3. The van der Waals surface area contributed by atoms with Crippen LogP contribution in [0.3, 0.4) is 0 Å². The zero-order valence-corrected chi connectivity index (χ0v) is 17.3. The third kappa shape index (κ3) is 4.09. The van der Waals surface area contributed by atoms with E-state index in [1.165, 1.54) is 21.3 Å². The minimum absolute atomic E-state index is 0.0502. The van der Waals surface area contributed by atoms with E-state index in [1.807, 2.05) is 6.92 Å². The molecule has 1 aromatic rings. The Labute approximate surface area is 170 Å². The van der Waals surface area contributed by atoms with E-state index >= 15 is 0 Å². The van der Waals surface area contributed by atoms with Gasteiger partial charge in [-0.2, -0.15) is 5.26 Å². The summed E-state index contributed by atoms with van der Waals surface area (Å²) in [7, 11) is 4.46. The van der Waals surface area contributed by atoms with Gasteiger partial charge in [-0.05, 0) is 19.4 Å². The second-order valence-electron chi connectivity index (χ2n) is 6.16. The second kappa shape index (κ2) is 9.73. The van der Waals surface area contributed by atoms with Crippen LogP contribution in [0.25, 0.3) is 0 Å². The Kier molecular flexibility index (Phi) is 7.37. The van der Waals surface area contributed by atoms with Crippen LogP contribution in [-0.2, 0) is 14.3 Å². The maximum absolute atomic E-state index is 12.9. The van der Waals surface area contributed by atoms with Crippen molar-refractivity contribution < 1.29 is 28.5 Å². The Morgan fingerprint density at radius 3 is 2.38 bits per heavy atom. The van der Waals surface area contributed by atoms with E-state index in [4.69, 9.17) is 29.4 Å². The van der Waals surface area contributed by atoms with Crippen LogP contribution >= 0.6 is 0 Å². The van der Waals surface area contributed by atoms with Gasteiger partial charge in [-0.3, -0.25) is 0 Å². The van der Waals surface area contributed by atoms with Gasteiger partial charge in [-0.15, -0.1) is 0 Å². The summed E-state index contributed by atoms with van der Waals surface area (Å²) in [5.41, 5.74) is 6.89. The van der Waals surface area contributed by atoms with Crippen molar-refractivity contribution in [3.05, 3.63) is 40.5 Å². The normalized spacial score (nSPS) is 16.1. The fraction of sp³-hybridized carbons (Fsp3) is 0.429. The molecule has 1 unspecified atom stereocenters. The van der Waals surface area contributed by atoms with E-state index in [2.05, 4.69) is 6.07 Å². The average Bonchev–Trinajstić information content (AvgIpc) is 2.72. The van der Waals surface area contributed by atoms with Crippen LogP contribution in [0.2, 0.25) is 0 Å². The van der Waals surface area contributed by atoms with Gasteiger partial charge in [-0.1, -0.05) is 13.0 Å². The number of hydrogen-bond donors (Lipinski definition) is 1. The molecule has 2 N–H and O–H groups in total. The number of ether oxygens (including phenoxy) is 5. The summed E-state index contributed by atoms with van der Waals surface area (Å²) in [6.45, 7) is 3.84. The van der Waals surface area contributed by atoms with Gasteiger partial charge in [0.05, 0.1) is 39.4 Å². The number of carbonyl (C=O) groups is 1. The molecule has 0 amide bonds. The molecule has 0 saturated heterocycles. The Bertz CT molecular complexity index is 882. The minimum atomic E-state index is -0.830. The highest BCUT2D eigenvalue weighted by molar-refractivity contribution is 5.93. The maximum atomic E-state index is 12.9. The molecule has 0 bridgehead atoms. The van der Waals surface area contributed by atoms with Crippen molar-refractivity contribution >= 4 is 5.97 Å². The van der Waals surface area contributed by atoms with Crippen LogP contribution in [0.15, 0.2) is 34.9 Å². The second-order valence-corrected chi connectivity index (χ2v) is 6.16. The molecule has 0 aromatic heterocycles. The molecule has 8 nitrogen and oxygen atoms in total. The third-order valence-corrected chi connectivity index (χ3v) is 4.51. The van der Waals surface area contributed by atoms with E-state index in [-0.39, 0.29) is 23.6 Å². The smallest absolute Gasteiger partial charge is 0.338 e. The summed E-state index contributed by atoms with van der Waals surface area (Å²) in [5.74, 6) is 0.0513. The number of esters is 1. The van der Waals surface area contributed by atoms with Gasteiger partial charge in [0.25, 0.3) is 0 Å². The summed E-state index contributed by atoms with van der Waals surface area (Å²) in [4.78, 5) is 12.9. The quantitative estimate of drug-likeness (QED) is 0.660. The predicted molar refractivity (Wildman–Crippen MR) is 105 cm³/mol. The first-order chi connectivity index (χ1) is 14.0. The molecule has 0 radical (unpaired) electrons. The largest absolute Gasteiger partial charge is 0.493 e. The zero-order valence-electron chi connectivity index (χ0n) is 17.3. The van der Waals surface area contributed by atoms with E-state index < -0.39 is 11.9 Å². The van der Waals surface area contributed by atoms with E-state index in [0.717, 1.165) is 0 Å². The molecule has 0 aliphatic carbocycles. The standard InChI is InChI=1S/C21H26N2O6/c1-6-8-14-17(21(24)28-7-2)16(13(11-22)20(23)29-14)12-9-10-15(25-3)19(27-5)18(12)26-4/h9-10,16H,6-8,23H2,1-5H3. The van der Waals surface area contributed by atoms with Crippen LogP contribution < -0.4 is 19.9 Å². The minimum Gasteiger partial charge on any atom is -0.493 e. The molecule has 1 atom stereocenters. The number of allylic oxidation sites excluding steroid dienone is 2. The highest BCUT2D eigenvalue weighted by atomic mass is 16.5. The van der Waals surface area contributed by atoms with E-state index in [9.17, 15) is 10.1 Å². The number of hydrogen-bond acceptors (Lipinski definition) is 8. The lowest BCUT2D eigenvalue weighted by molar-refractivity contribution is -0.139. The summed E-state index contributed by atoms with van der Waals surface area (Å²) in [5, 5.41) is 9.79. The summed E-state index contributed by atoms with van der Waals surface area (Å²) in [6, 6.07) is 5.46. The first-order valence-electron chi connectivity index (χ1n) is 9.25. The van der Waals surface area contributed by atoms with Gasteiger partial charge in [0, 0.05) is 12.0 Å². The number of nitrogens with two attached hydrogens (primary N) is 1. The average molecular weight is 402 g/mol. The van der Waals surface area contributed by atoms with Crippen molar-refractivity contribution in [3.63, 3.8) is 0 Å². The molecule has 156 valence electrons. The lowest BCUT2D eigenvalue weighted by Gasteiger charge is -2.29. The fourth-order valence-electron chi connectivity index (χ4n) is 3.33. The molecule has 0 fully saturated rings. The van der Waals surface area contributed by atoms with Crippen LogP contribution in [0, 0.1) is 11.3 Å². The Balaban J connectivity index is 2.84. The molecule has 0 saturated carbocycles. The number of benzene rings is 1. The molecule has 2 rings (SSSR count). The summed E-state index contributed by atoms with van der Waals surface area (Å²) in [6.07, 6.45) is 1.17. The maximum Gasteiger partial charge on any atom is 0.338 e. The molecule has 1 aliphatic rings. The van der Waals surface area contributed by atoms with Crippen molar-refractivity contribution in [2.75, 3.05) is 27.9 Å². The predicted octanol–water partition coefficient (Wildman–Crippen LogP) is 3.14. The first kappa shape index (κ1) is 22.0.